The minimum absolute atomic E-state index is 0.685. The molecule has 22 heavy (non-hydrogen) atoms. The number of benzene rings is 2. The van der Waals surface area contributed by atoms with Gasteiger partial charge in [0.05, 0.1) is 13.2 Å². The van der Waals surface area contributed by atoms with E-state index < -0.39 is 0 Å². The molecule has 3 heteroatoms. The molecule has 0 aliphatic carbocycles. The highest BCUT2D eigenvalue weighted by Gasteiger charge is 2.00. The van der Waals surface area contributed by atoms with Crippen molar-refractivity contribution in [2.45, 2.75) is 39.0 Å². The van der Waals surface area contributed by atoms with E-state index in [-0.39, 0.29) is 0 Å². The molecule has 0 atom stereocenters. The van der Waals surface area contributed by atoms with Crippen LogP contribution in [0.2, 0.25) is 0 Å². The predicted molar refractivity (Wildman–Crippen MR) is 97.5 cm³/mol. The summed E-state index contributed by atoms with van der Waals surface area (Å²) in [6.07, 6.45) is 6.32. The Balaban J connectivity index is 1.87. The summed E-state index contributed by atoms with van der Waals surface area (Å²) in [6, 6.07) is 12.4. The number of halogens is 1. The Kier molecular flexibility index (Phi) is 7.58. The molecule has 2 aromatic carbocycles. The molecule has 0 N–H and O–H groups in total. The molecule has 2 aromatic rings. The smallest absolute Gasteiger partial charge is 0.119 e. The van der Waals surface area contributed by atoms with Gasteiger partial charge in [-0.1, -0.05) is 60.7 Å². The summed E-state index contributed by atoms with van der Waals surface area (Å²) in [6.45, 7) is 3.73. The largest absolute Gasteiger partial charge is 0.494 e. The topological polar surface area (TPSA) is 18.5 Å². The lowest BCUT2D eigenvalue weighted by atomic mass is 10.1. The highest BCUT2D eigenvalue weighted by Crippen LogP contribution is 2.25. The fraction of sp³-hybridized carbons (Fsp3) is 0.474. The zero-order chi connectivity index (χ0) is 15.6. The van der Waals surface area contributed by atoms with Crippen LogP contribution in [0.25, 0.3) is 10.8 Å². The number of alkyl halides is 1. The maximum absolute atomic E-state index is 5.85. The summed E-state index contributed by atoms with van der Waals surface area (Å²) in [4.78, 5) is 0. The Morgan fingerprint density at radius 1 is 0.773 bits per heavy atom. The summed E-state index contributed by atoms with van der Waals surface area (Å²) in [5.74, 6) is 1.87. The summed E-state index contributed by atoms with van der Waals surface area (Å²) >= 11 is 3.37. The molecule has 0 bridgehead atoms. The van der Waals surface area contributed by atoms with Gasteiger partial charge in [-0.05, 0) is 41.5 Å². The normalized spacial score (nSPS) is 10.8. The van der Waals surface area contributed by atoms with E-state index in [0.29, 0.717) is 6.61 Å². The highest BCUT2D eigenvalue weighted by molar-refractivity contribution is 9.09. The molecule has 0 saturated carbocycles. The maximum atomic E-state index is 5.85. The SMILES string of the molecule is CCCCCCCOc1ccc2cc(OCCBr)ccc2c1. The lowest BCUT2D eigenvalue weighted by molar-refractivity contribution is 0.305. The number of hydrogen-bond donors (Lipinski definition) is 0. The van der Waals surface area contributed by atoms with Gasteiger partial charge < -0.3 is 9.47 Å². The number of rotatable bonds is 10. The van der Waals surface area contributed by atoms with Gasteiger partial charge in [0.25, 0.3) is 0 Å². The van der Waals surface area contributed by atoms with Crippen molar-refractivity contribution in [3.63, 3.8) is 0 Å². The van der Waals surface area contributed by atoms with Crippen molar-refractivity contribution in [2.75, 3.05) is 18.5 Å². The van der Waals surface area contributed by atoms with Crippen LogP contribution in [-0.4, -0.2) is 18.5 Å². The van der Waals surface area contributed by atoms with Gasteiger partial charge in [0, 0.05) is 5.33 Å². The molecular weight excluding hydrogens is 340 g/mol. The van der Waals surface area contributed by atoms with Crippen molar-refractivity contribution in [1.29, 1.82) is 0 Å². The van der Waals surface area contributed by atoms with Crippen LogP contribution in [0.15, 0.2) is 36.4 Å². The third-order valence-corrected chi connectivity index (χ3v) is 3.97. The van der Waals surface area contributed by atoms with Gasteiger partial charge in [-0.3, -0.25) is 0 Å². The van der Waals surface area contributed by atoms with Crippen molar-refractivity contribution in [1.82, 2.24) is 0 Å². The minimum atomic E-state index is 0.685. The van der Waals surface area contributed by atoms with Crippen LogP contribution < -0.4 is 9.47 Å². The van der Waals surface area contributed by atoms with Crippen LogP contribution in [0.5, 0.6) is 11.5 Å². The second-order valence-electron chi connectivity index (χ2n) is 5.47. The van der Waals surface area contributed by atoms with Gasteiger partial charge in [0.15, 0.2) is 0 Å². The van der Waals surface area contributed by atoms with E-state index >= 15 is 0 Å². The van der Waals surface area contributed by atoms with E-state index in [2.05, 4.69) is 47.1 Å². The van der Waals surface area contributed by atoms with Crippen LogP contribution in [0, 0.1) is 0 Å². The van der Waals surface area contributed by atoms with E-state index in [1.165, 1.54) is 36.5 Å². The fourth-order valence-corrected chi connectivity index (χ4v) is 2.60. The van der Waals surface area contributed by atoms with E-state index in [0.717, 1.165) is 29.9 Å². The second-order valence-corrected chi connectivity index (χ2v) is 6.26. The molecule has 2 rings (SSSR count). The third kappa shape index (κ3) is 5.53. The summed E-state index contributed by atoms with van der Waals surface area (Å²) in [5, 5.41) is 3.22. The van der Waals surface area contributed by atoms with Crippen LogP contribution in [-0.2, 0) is 0 Å². The molecular formula is C19H25BrO2. The molecule has 0 unspecified atom stereocenters. The Hall–Kier alpha value is -1.22. The van der Waals surface area contributed by atoms with Gasteiger partial charge >= 0.3 is 0 Å². The quantitative estimate of drug-likeness (QED) is 0.382. The first kappa shape index (κ1) is 17.1. The summed E-state index contributed by atoms with van der Waals surface area (Å²) in [5.41, 5.74) is 0. The minimum Gasteiger partial charge on any atom is -0.494 e. The van der Waals surface area contributed by atoms with Crippen molar-refractivity contribution in [3.05, 3.63) is 36.4 Å². The molecule has 2 nitrogen and oxygen atoms in total. The molecule has 0 amide bonds. The van der Waals surface area contributed by atoms with Crippen molar-refractivity contribution < 1.29 is 9.47 Å². The average Bonchev–Trinajstić information content (AvgIpc) is 2.56. The fourth-order valence-electron chi connectivity index (χ4n) is 2.43. The molecule has 0 aromatic heterocycles. The van der Waals surface area contributed by atoms with E-state index in [9.17, 15) is 0 Å². The Morgan fingerprint density at radius 3 is 1.95 bits per heavy atom. The van der Waals surface area contributed by atoms with Crippen molar-refractivity contribution in [2.24, 2.45) is 0 Å². The second kappa shape index (κ2) is 9.73. The lowest BCUT2D eigenvalue weighted by Gasteiger charge is -2.09. The first-order valence-corrected chi connectivity index (χ1v) is 9.31. The van der Waals surface area contributed by atoms with Crippen LogP contribution in [0.1, 0.15) is 39.0 Å². The van der Waals surface area contributed by atoms with Gasteiger partial charge in [-0.2, -0.15) is 0 Å². The molecule has 0 heterocycles. The molecule has 0 aliphatic rings. The molecule has 0 radical (unpaired) electrons. The standard InChI is InChI=1S/C19H25BrO2/c1-2-3-4-5-6-12-21-18-9-7-17-15-19(22-13-11-20)10-8-16(17)14-18/h7-10,14-15H,2-6,11-13H2,1H3. The maximum Gasteiger partial charge on any atom is 0.119 e. The molecule has 0 saturated heterocycles. The third-order valence-electron chi connectivity index (χ3n) is 3.65. The molecule has 0 fully saturated rings. The Morgan fingerprint density at radius 2 is 1.36 bits per heavy atom. The van der Waals surface area contributed by atoms with E-state index in [4.69, 9.17) is 9.47 Å². The zero-order valence-electron chi connectivity index (χ0n) is 13.3. The number of unbranched alkanes of at least 4 members (excludes halogenated alkanes) is 4. The summed E-state index contributed by atoms with van der Waals surface area (Å²) < 4.78 is 11.5. The molecule has 0 aliphatic heterocycles. The van der Waals surface area contributed by atoms with Crippen molar-refractivity contribution >= 4 is 26.7 Å². The highest BCUT2D eigenvalue weighted by atomic mass is 79.9. The predicted octanol–water partition coefficient (Wildman–Crippen LogP) is 5.96. The van der Waals surface area contributed by atoms with Gasteiger partial charge in [0.2, 0.25) is 0 Å². The van der Waals surface area contributed by atoms with Gasteiger partial charge in [0.1, 0.15) is 11.5 Å². The van der Waals surface area contributed by atoms with E-state index in [1.807, 2.05) is 12.1 Å². The first-order chi connectivity index (χ1) is 10.8. The number of hydrogen-bond acceptors (Lipinski definition) is 2. The van der Waals surface area contributed by atoms with Crippen LogP contribution in [0.3, 0.4) is 0 Å². The van der Waals surface area contributed by atoms with Crippen molar-refractivity contribution in [3.8, 4) is 11.5 Å². The van der Waals surface area contributed by atoms with E-state index in [1.54, 1.807) is 0 Å². The number of ether oxygens (including phenoxy) is 2. The lowest BCUT2D eigenvalue weighted by Crippen LogP contribution is -1.98. The van der Waals surface area contributed by atoms with Gasteiger partial charge in [-0.25, -0.2) is 0 Å². The first-order valence-electron chi connectivity index (χ1n) is 8.19. The molecule has 120 valence electrons. The Labute approximate surface area is 141 Å². The van der Waals surface area contributed by atoms with Crippen LogP contribution in [0.4, 0.5) is 0 Å². The summed E-state index contributed by atoms with van der Waals surface area (Å²) in [7, 11) is 0. The Bertz CT molecular complexity index is 568. The van der Waals surface area contributed by atoms with Gasteiger partial charge in [-0.15, -0.1) is 0 Å². The number of fused-ring (bicyclic) bond motifs is 1. The zero-order valence-corrected chi connectivity index (χ0v) is 14.9. The monoisotopic (exact) mass is 364 g/mol. The average molecular weight is 365 g/mol. The van der Waals surface area contributed by atoms with Crippen LogP contribution >= 0.6 is 15.9 Å². The molecule has 0 spiro atoms.